The molecule has 8 aromatic heterocycles. The Morgan fingerprint density at radius 2 is 0.837 bits per heavy atom. The summed E-state index contributed by atoms with van der Waals surface area (Å²) in [5.41, 5.74) is 14.9. The third-order valence-electron chi connectivity index (χ3n) is 22.0. The quantitative estimate of drug-likeness (QED) is 0.0992. The molecular formula is C91H101Cl4N19O5S4. The Morgan fingerprint density at radius 3 is 1.29 bits per heavy atom. The molecule has 5 aliphatic heterocycles. The smallest absolute Gasteiger partial charge is 0.308 e. The zero-order valence-electron chi connectivity index (χ0n) is 72.9. The normalized spacial score (nSPS) is 16.4. The van der Waals surface area contributed by atoms with Crippen LogP contribution in [0.4, 0.5) is 0 Å². The van der Waals surface area contributed by atoms with Gasteiger partial charge in [-0.15, -0.1) is 86.1 Å². The minimum atomic E-state index is -0.570. The van der Waals surface area contributed by atoms with E-state index in [1.807, 2.05) is 157 Å². The van der Waals surface area contributed by atoms with Crippen molar-refractivity contribution in [1.29, 1.82) is 0 Å². The fraction of sp³-hybridized carbons (Fsp3) is 0.396. The van der Waals surface area contributed by atoms with Crippen molar-refractivity contribution in [2.24, 2.45) is 20.0 Å². The van der Waals surface area contributed by atoms with Gasteiger partial charge >= 0.3 is 11.9 Å². The number of nitrogens with one attached hydrogen (secondary N) is 1. The molecule has 1 amide bonds. The first kappa shape index (κ1) is 89.7. The number of rotatable bonds is 14. The lowest BCUT2D eigenvalue weighted by Crippen LogP contribution is -2.47. The lowest BCUT2D eigenvalue weighted by atomic mass is 9.98. The number of esters is 2. The van der Waals surface area contributed by atoms with Crippen molar-refractivity contribution in [3.63, 3.8) is 0 Å². The van der Waals surface area contributed by atoms with E-state index in [-0.39, 0.29) is 37.1 Å². The number of ether oxygens (including phenoxy) is 2. The molecular weight excluding hydrogens is 1710 g/mol. The highest BCUT2D eigenvalue weighted by atomic mass is 35.5. The maximum Gasteiger partial charge on any atom is 0.308 e. The summed E-state index contributed by atoms with van der Waals surface area (Å²) in [6, 6.07) is 29.4. The summed E-state index contributed by atoms with van der Waals surface area (Å²) in [6.07, 6.45) is 2.79. The van der Waals surface area contributed by atoms with Crippen molar-refractivity contribution in [3.05, 3.63) is 251 Å². The van der Waals surface area contributed by atoms with Gasteiger partial charge in [0.2, 0.25) is 5.91 Å². The molecule has 24 nitrogen and oxygen atoms in total. The van der Waals surface area contributed by atoms with E-state index in [9.17, 15) is 14.4 Å². The van der Waals surface area contributed by atoms with Crippen molar-refractivity contribution in [2.75, 3.05) is 46.3 Å². The van der Waals surface area contributed by atoms with E-state index >= 15 is 0 Å². The molecule has 3 unspecified atom stereocenters. The molecule has 0 saturated carbocycles. The second kappa shape index (κ2) is 36.5. The first-order valence-electron chi connectivity index (χ1n) is 40.9. The number of aliphatic imine (C=N–C) groups is 4. The third kappa shape index (κ3) is 19.3. The van der Waals surface area contributed by atoms with E-state index in [1.165, 1.54) is 41.8 Å². The van der Waals surface area contributed by atoms with Crippen LogP contribution in [-0.4, -0.2) is 167 Å². The molecule has 13 heterocycles. The Balaban J connectivity index is 0.000000135. The summed E-state index contributed by atoms with van der Waals surface area (Å²) in [4.78, 5) is 68.6. The molecule has 32 heteroatoms. The Hall–Kier alpha value is -9.59. The predicted octanol–water partition coefficient (Wildman–Crippen LogP) is 19.6. The molecule has 0 radical (unpaired) electrons. The van der Waals surface area contributed by atoms with Gasteiger partial charge in [0.05, 0.1) is 42.1 Å². The van der Waals surface area contributed by atoms with Crippen LogP contribution in [-0.2, 0) is 35.8 Å². The van der Waals surface area contributed by atoms with Crippen molar-refractivity contribution in [2.45, 2.75) is 192 Å². The number of halogens is 4. The summed E-state index contributed by atoms with van der Waals surface area (Å²) in [5, 5.41) is 45.0. The summed E-state index contributed by atoms with van der Waals surface area (Å²) >= 11 is 31.4. The molecule has 123 heavy (non-hydrogen) atoms. The van der Waals surface area contributed by atoms with Crippen LogP contribution < -0.4 is 5.32 Å². The number of hydrogen-bond acceptors (Lipinski definition) is 23. The third-order valence-corrected chi connectivity index (χ3v) is 27.8. The van der Waals surface area contributed by atoms with Gasteiger partial charge in [-0.25, -0.2) is 0 Å². The first-order chi connectivity index (χ1) is 58.3. The van der Waals surface area contributed by atoms with Gasteiger partial charge in [0.25, 0.3) is 0 Å². The van der Waals surface area contributed by atoms with Gasteiger partial charge in [0, 0.05) is 130 Å². The number of likely N-dealkylation sites (N-methyl/N-ethyl adjacent to an activating group) is 1. The number of aryl methyl sites for hydroxylation is 7. The van der Waals surface area contributed by atoms with Gasteiger partial charge < -0.3 is 19.7 Å². The fourth-order valence-corrected chi connectivity index (χ4v) is 20.6. The monoisotopic (exact) mass is 1810 g/mol. The van der Waals surface area contributed by atoms with Crippen molar-refractivity contribution in [3.8, 4) is 20.0 Å². The number of nitrogens with zero attached hydrogens (tertiary/aromatic N) is 18. The molecule has 642 valence electrons. The summed E-state index contributed by atoms with van der Waals surface area (Å²) in [5.74, 6) is 4.74. The number of hydrogen-bond donors (Lipinski definition) is 1. The van der Waals surface area contributed by atoms with Crippen LogP contribution in [0.5, 0.6) is 0 Å². The molecule has 5 aliphatic rings. The second-order valence-electron chi connectivity index (χ2n) is 33.7. The van der Waals surface area contributed by atoms with E-state index in [0.29, 0.717) is 39.1 Å². The van der Waals surface area contributed by atoms with E-state index in [4.69, 9.17) is 75.8 Å². The lowest BCUT2D eigenvalue weighted by Gasteiger charge is -2.32. The maximum absolute atomic E-state index is 13.1. The molecule has 3 atom stereocenters. The number of fused-ring (bicyclic) bond motifs is 12. The highest BCUT2D eigenvalue weighted by Gasteiger charge is 2.40. The zero-order chi connectivity index (χ0) is 88.2. The van der Waals surface area contributed by atoms with Crippen molar-refractivity contribution in [1.82, 2.24) is 74.2 Å². The van der Waals surface area contributed by atoms with Gasteiger partial charge in [-0.2, -0.15) is 0 Å². The van der Waals surface area contributed by atoms with Crippen LogP contribution in [0.2, 0.25) is 20.1 Å². The number of thiophene rings is 4. The fourth-order valence-electron chi connectivity index (χ4n) is 15.3. The van der Waals surface area contributed by atoms with Crippen LogP contribution >= 0.6 is 91.8 Å². The Morgan fingerprint density at radius 1 is 0.463 bits per heavy atom. The van der Waals surface area contributed by atoms with E-state index in [0.717, 1.165) is 155 Å². The number of aromatic nitrogens is 12. The number of amides is 1. The van der Waals surface area contributed by atoms with E-state index < -0.39 is 34.9 Å². The van der Waals surface area contributed by atoms with Gasteiger partial charge in [-0.3, -0.25) is 57.5 Å². The average molecular weight is 1810 g/mol. The van der Waals surface area contributed by atoms with E-state index in [2.05, 4.69) is 153 Å². The van der Waals surface area contributed by atoms with Gasteiger partial charge in [0.1, 0.15) is 78.7 Å². The van der Waals surface area contributed by atoms with Gasteiger partial charge in [-0.05, 0) is 202 Å². The predicted molar refractivity (Wildman–Crippen MR) is 496 cm³/mol. The molecule has 1 saturated heterocycles. The van der Waals surface area contributed by atoms with Crippen LogP contribution in [0.3, 0.4) is 0 Å². The maximum atomic E-state index is 13.1. The Bertz CT molecular complexity index is 6110. The standard InChI is InChI=1S/C26H32ClN7OS.C24H27ClN4O2S.C22H23ClN4O2S.C19H19ClN4S/c1-16-17(2)36-26-23(16)24(19-5-7-20(27)8-6-19)29-21(25-31-30-18(3)34(25)26)15-22(35)28-9-10-33-13-11-32(4)12-14-33;1-7-18-27-28-22-17(12-19(30)31-24(4,5)6)26-21(15-8-10-16(25)11-9-15)20-13(2)14(3)32-23(20)29(18)22;1-12-13(2)30-21-18(12)19(14-6-8-15(23)9-7-14)25-16(20-26-24-11-27(20)21)10-17(28)29-22(3,4)5;1-10-11(2)25-17-15(10)16(13-6-8-14(20)9-7-13)21-19(4,5)18-23-22-12(3)24(17)18/h5-8,21H,9-15H2,1-4H3,(H,28,35);8-11,17H,7,12H2,1-6H3;6-9,11,16H,10H2,1-5H3;6-9H,1-5H3. The summed E-state index contributed by atoms with van der Waals surface area (Å²) < 4.78 is 19.4. The summed E-state index contributed by atoms with van der Waals surface area (Å²) in [7, 11) is 2.15. The van der Waals surface area contributed by atoms with Crippen LogP contribution in [0, 0.1) is 69.2 Å². The average Bonchev–Trinajstić information content (AvgIpc) is 1.59. The largest absolute Gasteiger partial charge is 0.460 e. The van der Waals surface area contributed by atoms with Crippen LogP contribution in [0.15, 0.2) is 123 Å². The minimum Gasteiger partial charge on any atom is -0.460 e. The molecule has 0 spiro atoms. The zero-order valence-corrected chi connectivity index (χ0v) is 79.1. The van der Waals surface area contributed by atoms with Crippen molar-refractivity contribution < 1.29 is 23.9 Å². The lowest BCUT2D eigenvalue weighted by molar-refractivity contribution is -0.156. The second-order valence-corrected chi connectivity index (χ2v) is 40.3. The minimum absolute atomic E-state index is 0.0290. The van der Waals surface area contributed by atoms with Crippen LogP contribution in [0.25, 0.3) is 20.0 Å². The molecule has 0 bridgehead atoms. The topological polar surface area (TPSA) is 260 Å². The highest BCUT2D eigenvalue weighted by molar-refractivity contribution is 7.16. The number of piperazine rings is 1. The first-order valence-corrected chi connectivity index (χ1v) is 45.7. The van der Waals surface area contributed by atoms with Gasteiger partial charge in [0.15, 0.2) is 23.3 Å². The van der Waals surface area contributed by atoms with Crippen molar-refractivity contribution >= 4 is 132 Å². The molecule has 0 aliphatic carbocycles. The Kier molecular flexibility index (Phi) is 26.6. The number of benzene rings is 4. The highest BCUT2D eigenvalue weighted by Crippen LogP contribution is 2.46. The molecule has 1 N–H and O–H groups in total. The molecule has 17 rings (SSSR count). The SMILES string of the molecule is CCc1nnc2n1-c1sc(C)c(C)c1C(c1ccc(Cl)cc1)=NC2CC(=O)OC(C)(C)C.Cc1sc2c(c1C)C(c1ccc(Cl)cc1)=NC(C)(C)c1nnc(C)n1-2.Cc1sc2c(c1C)C(c1ccc(Cl)cc1)=NC(CC(=O)NCCN1CCN(C)CC1)c1nnc(C)n1-2.Cc1sc2c(c1C)C(c1ccc(Cl)cc1)=NC(CC(=O)OC(C)(C)C)c1nncn1-2. The summed E-state index contributed by atoms with van der Waals surface area (Å²) in [6.45, 7) is 44.0. The van der Waals surface area contributed by atoms with E-state index in [1.54, 1.807) is 51.7 Å². The number of carbonyl (C=O) groups is 3. The van der Waals surface area contributed by atoms with Crippen LogP contribution in [0.1, 0.15) is 227 Å². The molecule has 12 aromatic rings. The Labute approximate surface area is 753 Å². The number of carbonyl (C=O) groups excluding carboxylic acids is 3. The molecule has 1 fully saturated rings. The molecule has 4 aromatic carbocycles. The van der Waals surface area contributed by atoms with Gasteiger partial charge in [-0.1, -0.05) is 102 Å².